The Kier molecular flexibility index (Phi) is 6.01. The molecule has 0 heterocycles. The summed E-state index contributed by atoms with van der Waals surface area (Å²) in [6.07, 6.45) is -0.423. The van der Waals surface area contributed by atoms with E-state index >= 15 is 0 Å². The zero-order valence-corrected chi connectivity index (χ0v) is 11.0. The van der Waals surface area contributed by atoms with E-state index in [4.69, 9.17) is 10.2 Å². The number of halogens is 3. The van der Waals surface area contributed by atoms with Gasteiger partial charge in [-0.05, 0) is 18.6 Å². The molecule has 21 heavy (non-hydrogen) atoms. The Morgan fingerprint density at radius 2 is 1.57 bits per heavy atom. The first kappa shape index (κ1) is 16.8. The minimum atomic E-state index is -1.65. The first-order valence-corrected chi connectivity index (χ1v) is 6.15. The molecule has 0 aliphatic rings. The summed E-state index contributed by atoms with van der Waals surface area (Å²) in [7, 11) is 0. The summed E-state index contributed by atoms with van der Waals surface area (Å²) in [5.74, 6) is -6.61. The third-order valence-electron chi connectivity index (χ3n) is 2.77. The fourth-order valence-electron chi connectivity index (χ4n) is 1.76. The van der Waals surface area contributed by atoms with Crippen LogP contribution in [0.4, 0.5) is 18.9 Å². The molecule has 0 unspecified atom stereocenters. The summed E-state index contributed by atoms with van der Waals surface area (Å²) in [5.41, 5.74) is -0.291. The van der Waals surface area contributed by atoms with E-state index in [0.29, 0.717) is 0 Å². The molecule has 8 heteroatoms. The van der Waals surface area contributed by atoms with Crippen LogP contribution in [-0.2, 0) is 9.59 Å². The van der Waals surface area contributed by atoms with Crippen LogP contribution >= 0.6 is 0 Å². The molecule has 0 aromatic heterocycles. The lowest BCUT2D eigenvalue weighted by molar-refractivity contribution is -0.138. The predicted octanol–water partition coefficient (Wildman–Crippen LogP) is 2.25. The largest absolute Gasteiger partial charge is 0.481 e. The topological polar surface area (TPSA) is 77.8 Å². The zero-order valence-electron chi connectivity index (χ0n) is 11.0. The highest BCUT2D eigenvalue weighted by atomic mass is 19.2. The van der Waals surface area contributed by atoms with Gasteiger partial charge < -0.3 is 15.1 Å². The van der Waals surface area contributed by atoms with E-state index in [-0.39, 0.29) is 38.0 Å². The van der Waals surface area contributed by atoms with Crippen molar-refractivity contribution < 1.29 is 33.0 Å². The molecule has 1 rings (SSSR count). The van der Waals surface area contributed by atoms with Gasteiger partial charge in [0.2, 0.25) is 0 Å². The highest BCUT2D eigenvalue weighted by Crippen LogP contribution is 2.24. The average Bonchev–Trinajstić information content (AvgIpc) is 2.40. The maximum atomic E-state index is 13.7. The number of carbonyl (C=O) groups is 2. The van der Waals surface area contributed by atoms with Gasteiger partial charge in [-0.2, -0.15) is 0 Å². The van der Waals surface area contributed by atoms with Crippen LogP contribution in [0.15, 0.2) is 12.1 Å². The second-order valence-corrected chi connectivity index (χ2v) is 4.32. The van der Waals surface area contributed by atoms with Crippen molar-refractivity contribution in [3.8, 4) is 0 Å². The lowest BCUT2D eigenvalue weighted by Crippen LogP contribution is -2.29. The number of carboxylic acid groups (broad SMARTS) is 2. The van der Waals surface area contributed by atoms with Crippen molar-refractivity contribution in [3.63, 3.8) is 0 Å². The number of anilines is 1. The van der Waals surface area contributed by atoms with Crippen LogP contribution in [0.25, 0.3) is 0 Å². The summed E-state index contributed by atoms with van der Waals surface area (Å²) in [6.45, 7) is -0.126. The standard InChI is InChI=1S/C13H14F3NO4/c14-8-3-4-9(13(16)12(8)15)17(7-5-11(20)21)6-1-2-10(18)19/h3-4H,1-2,5-7H2,(H,18,19)(H,20,21). The monoisotopic (exact) mass is 305 g/mol. The molecular formula is C13H14F3NO4. The molecule has 5 nitrogen and oxygen atoms in total. The van der Waals surface area contributed by atoms with E-state index in [0.717, 1.165) is 12.1 Å². The molecule has 2 N–H and O–H groups in total. The summed E-state index contributed by atoms with van der Waals surface area (Å²) < 4.78 is 39.8. The average molecular weight is 305 g/mol. The minimum absolute atomic E-state index is 0.0154. The molecule has 116 valence electrons. The highest BCUT2D eigenvalue weighted by molar-refractivity contribution is 5.68. The maximum Gasteiger partial charge on any atom is 0.305 e. The van der Waals surface area contributed by atoms with Crippen LogP contribution < -0.4 is 4.90 Å². The third-order valence-corrected chi connectivity index (χ3v) is 2.77. The van der Waals surface area contributed by atoms with Crippen molar-refractivity contribution >= 4 is 17.6 Å². The van der Waals surface area contributed by atoms with Gasteiger partial charge in [0.05, 0.1) is 12.1 Å². The molecule has 0 fully saturated rings. The van der Waals surface area contributed by atoms with Gasteiger partial charge in [0, 0.05) is 19.5 Å². The molecule has 0 aliphatic heterocycles. The quantitative estimate of drug-likeness (QED) is 0.720. The second-order valence-electron chi connectivity index (χ2n) is 4.32. The first-order valence-electron chi connectivity index (χ1n) is 6.15. The van der Waals surface area contributed by atoms with E-state index in [9.17, 15) is 22.8 Å². The molecule has 0 atom stereocenters. The zero-order chi connectivity index (χ0) is 16.0. The van der Waals surface area contributed by atoms with Gasteiger partial charge in [0.25, 0.3) is 0 Å². The Morgan fingerprint density at radius 3 is 2.14 bits per heavy atom. The van der Waals surface area contributed by atoms with Crippen molar-refractivity contribution in [2.75, 3.05) is 18.0 Å². The number of benzene rings is 1. The van der Waals surface area contributed by atoms with Crippen molar-refractivity contribution in [1.82, 2.24) is 0 Å². The smallest absolute Gasteiger partial charge is 0.305 e. The lowest BCUT2D eigenvalue weighted by Gasteiger charge is -2.24. The first-order chi connectivity index (χ1) is 9.82. The molecule has 1 aromatic rings. The normalized spacial score (nSPS) is 10.4. The van der Waals surface area contributed by atoms with E-state index in [1.165, 1.54) is 4.90 Å². The molecule has 0 saturated carbocycles. The molecule has 0 amide bonds. The Bertz CT molecular complexity index is 536. The molecule has 0 spiro atoms. The van der Waals surface area contributed by atoms with E-state index < -0.39 is 29.4 Å². The summed E-state index contributed by atoms with van der Waals surface area (Å²) >= 11 is 0. The van der Waals surface area contributed by atoms with Crippen LogP contribution in [0.1, 0.15) is 19.3 Å². The van der Waals surface area contributed by atoms with Gasteiger partial charge >= 0.3 is 11.9 Å². The maximum absolute atomic E-state index is 13.7. The third kappa shape index (κ3) is 4.97. The number of hydrogen-bond donors (Lipinski definition) is 2. The molecule has 0 bridgehead atoms. The summed E-state index contributed by atoms with van der Waals surface area (Å²) in [4.78, 5) is 22.2. The van der Waals surface area contributed by atoms with Gasteiger partial charge in [-0.3, -0.25) is 9.59 Å². The summed E-state index contributed by atoms with van der Waals surface area (Å²) in [5, 5.41) is 17.2. The summed E-state index contributed by atoms with van der Waals surface area (Å²) in [6, 6.07) is 1.73. The van der Waals surface area contributed by atoms with Crippen molar-refractivity contribution in [2.45, 2.75) is 19.3 Å². The van der Waals surface area contributed by atoms with Crippen LogP contribution in [0, 0.1) is 17.5 Å². The Hall–Kier alpha value is -2.25. The van der Waals surface area contributed by atoms with Crippen LogP contribution in [0.2, 0.25) is 0 Å². The Morgan fingerprint density at radius 1 is 0.952 bits per heavy atom. The molecule has 0 saturated heterocycles. The minimum Gasteiger partial charge on any atom is -0.481 e. The van der Waals surface area contributed by atoms with Crippen molar-refractivity contribution in [1.29, 1.82) is 0 Å². The highest BCUT2D eigenvalue weighted by Gasteiger charge is 2.19. The van der Waals surface area contributed by atoms with Gasteiger partial charge in [-0.1, -0.05) is 0 Å². The number of aliphatic carboxylic acids is 2. The van der Waals surface area contributed by atoms with Crippen molar-refractivity contribution in [3.05, 3.63) is 29.6 Å². The second kappa shape index (κ2) is 7.51. The predicted molar refractivity (Wildman–Crippen MR) is 67.7 cm³/mol. The number of carboxylic acids is 2. The number of nitrogens with zero attached hydrogens (tertiary/aromatic N) is 1. The van der Waals surface area contributed by atoms with Crippen LogP contribution in [0.3, 0.4) is 0 Å². The molecular weight excluding hydrogens is 291 g/mol. The van der Waals surface area contributed by atoms with E-state index in [1.54, 1.807) is 0 Å². The van der Waals surface area contributed by atoms with E-state index in [1.807, 2.05) is 0 Å². The van der Waals surface area contributed by atoms with Gasteiger partial charge in [0.1, 0.15) is 0 Å². The van der Waals surface area contributed by atoms with Crippen molar-refractivity contribution in [2.24, 2.45) is 0 Å². The number of rotatable bonds is 8. The Labute approximate surface area is 118 Å². The van der Waals surface area contributed by atoms with E-state index in [2.05, 4.69) is 0 Å². The molecule has 0 radical (unpaired) electrons. The molecule has 1 aromatic carbocycles. The molecule has 0 aliphatic carbocycles. The van der Waals surface area contributed by atoms with Gasteiger partial charge in [0.15, 0.2) is 17.5 Å². The van der Waals surface area contributed by atoms with Gasteiger partial charge in [-0.15, -0.1) is 0 Å². The fraction of sp³-hybridized carbons (Fsp3) is 0.385. The fourth-order valence-corrected chi connectivity index (χ4v) is 1.76. The van der Waals surface area contributed by atoms with Crippen LogP contribution in [-0.4, -0.2) is 35.2 Å². The number of hydrogen-bond acceptors (Lipinski definition) is 3. The van der Waals surface area contributed by atoms with Crippen LogP contribution in [0.5, 0.6) is 0 Å². The Balaban J connectivity index is 2.91. The van der Waals surface area contributed by atoms with Gasteiger partial charge in [-0.25, -0.2) is 13.2 Å². The SMILES string of the molecule is O=C(O)CCCN(CCC(=O)O)c1ccc(F)c(F)c1F. The lowest BCUT2D eigenvalue weighted by atomic mass is 10.2.